The lowest BCUT2D eigenvalue weighted by molar-refractivity contribution is 0.0953. The van der Waals surface area contributed by atoms with Gasteiger partial charge in [0.25, 0.3) is 5.91 Å². The molecule has 1 aromatic heterocycles. The minimum Gasteiger partial charge on any atom is -0.356 e. The molecular weight excluding hydrogens is 483 g/mol. The molecule has 5 nitrogen and oxygen atoms in total. The summed E-state index contributed by atoms with van der Waals surface area (Å²) in [5.74, 6) is 0.722. The average molecular weight is 514 g/mol. The molecule has 0 atom stereocenters. The number of thiophene rings is 1. The summed E-state index contributed by atoms with van der Waals surface area (Å²) in [7, 11) is 1.77. The Hall–Kier alpha value is -1.61. The molecule has 0 saturated heterocycles. The average Bonchev–Trinajstić information content (AvgIpc) is 3.22. The van der Waals surface area contributed by atoms with Crippen LogP contribution < -0.4 is 16.0 Å². The quantitative estimate of drug-likeness (QED) is 0.282. The van der Waals surface area contributed by atoms with E-state index in [9.17, 15) is 4.79 Å². The second kappa shape index (κ2) is 12.1. The van der Waals surface area contributed by atoms with E-state index in [1.807, 2.05) is 31.2 Å². The van der Waals surface area contributed by atoms with Gasteiger partial charge in [0, 0.05) is 42.5 Å². The van der Waals surface area contributed by atoms with E-state index in [1.165, 1.54) is 4.88 Å². The number of halogens is 1. The van der Waals surface area contributed by atoms with Crippen molar-refractivity contribution >= 4 is 47.2 Å². The zero-order valence-electron chi connectivity index (χ0n) is 17.0. The van der Waals surface area contributed by atoms with E-state index in [0.29, 0.717) is 18.7 Å². The highest BCUT2D eigenvalue weighted by molar-refractivity contribution is 14.0. The van der Waals surface area contributed by atoms with Crippen molar-refractivity contribution in [1.82, 2.24) is 16.0 Å². The smallest absolute Gasteiger partial charge is 0.251 e. The lowest BCUT2D eigenvalue weighted by Gasteiger charge is -2.25. The van der Waals surface area contributed by atoms with Crippen molar-refractivity contribution in [3.05, 3.63) is 57.8 Å². The minimum absolute atomic E-state index is 0. The maximum absolute atomic E-state index is 12.1. The van der Waals surface area contributed by atoms with Crippen LogP contribution in [0.4, 0.5) is 0 Å². The number of hydrogen-bond donors (Lipinski definition) is 3. The lowest BCUT2D eigenvalue weighted by Crippen LogP contribution is -2.43. The van der Waals surface area contributed by atoms with Gasteiger partial charge in [0.2, 0.25) is 0 Å². The number of carbonyl (C=O) groups excluding carboxylic acids is 1. The van der Waals surface area contributed by atoms with E-state index in [0.717, 1.165) is 24.5 Å². The van der Waals surface area contributed by atoms with Gasteiger partial charge < -0.3 is 16.0 Å². The van der Waals surface area contributed by atoms with Gasteiger partial charge >= 0.3 is 0 Å². The fourth-order valence-corrected chi connectivity index (χ4v) is 3.48. The van der Waals surface area contributed by atoms with Gasteiger partial charge in [-0.15, -0.1) is 35.3 Å². The number of nitrogens with zero attached hydrogens (tertiary/aromatic N) is 1. The molecule has 3 N–H and O–H groups in total. The highest BCUT2D eigenvalue weighted by Crippen LogP contribution is 2.26. The van der Waals surface area contributed by atoms with Crippen LogP contribution >= 0.6 is 35.3 Å². The third-order valence-electron chi connectivity index (χ3n) is 4.29. The van der Waals surface area contributed by atoms with Crippen LogP contribution in [0.1, 0.15) is 48.0 Å². The Kier molecular flexibility index (Phi) is 10.5. The van der Waals surface area contributed by atoms with Crippen LogP contribution in [-0.4, -0.2) is 32.0 Å². The Morgan fingerprint density at radius 2 is 1.93 bits per heavy atom. The van der Waals surface area contributed by atoms with Gasteiger partial charge in [-0.25, -0.2) is 0 Å². The second-order valence-electron chi connectivity index (χ2n) is 7.10. The summed E-state index contributed by atoms with van der Waals surface area (Å²) in [6, 6.07) is 11.9. The number of rotatable bonds is 8. The van der Waals surface area contributed by atoms with Gasteiger partial charge in [0.15, 0.2) is 5.96 Å². The van der Waals surface area contributed by atoms with Crippen molar-refractivity contribution in [3.8, 4) is 0 Å². The van der Waals surface area contributed by atoms with E-state index in [4.69, 9.17) is 0 Å². The van der Waals surface area contributed by atoms with Crippen LogP contribution in [0.15, 0.2) is 46.8 Å². The van der Waals surface area contributed by atoms with Crippen molar-refractivity contribution in [3.63, 3.8) is 0 Å². The number of guanidine groups is 1. The Bertz CT molecular complexity index is 760. The fourth-order valence-electron chi connectivity index (χ4n) is 2.62. The molecule has 0 radical (unpaired) electrons. The maximum atomic E-state index is 12.1. The van der Waals surface area contributed by atoms with Gasteiger partial charge in [0.05, 0.1) is 0 Å². The highest BCUT2D eigenvalue weighted by atomic mass is 127. The molecule has 0 saturated carbocycles. The van der Waals surface area contributed by atoms with E-state index < -0.39 is 0 Å². The first-order valence-electron chi connectivity index (χ1n) is 9.32. The Morgan fingerprint density at radius 3 is 2.57 bits per heavy atom. The normalized spacial score (nSPS) is 11.5. The standard InChI is InChI=1S/C21H30N4OS.HI/c1-5-11-23-19(26)17-9-6-8-16(13-17)14-24-20(22-4)25-15-21(2,3)18-10-7-12-27-18;/h6-10,12-13H,5,11,14-15H2,1-4H3,(H,23,26)(H2,22,24,25);1H. The number of benzene rings is 1. The van der Waals surface area contributed by atoms with Gasteiger partial charge in [0.1, 0.15) is 0 Å². The van der Waals surface area contributed by atoms with Gasteiger partial charge in [-0.2, -0.15) is 0 Å². The van der Waals surface area contributed by atoms with Crippen LogP contribution in [0.2, 0.25) is 0 Å². The fraction of sp³-hybridized carbons (Fsp3) is 0.429. The monoisotopic (exact) mass is 514 g/mol. The van der Waals surface area contributed by atoms with Crippen LogP contribution in [0.3, 0.4) is 0 Å². The molecule has 0 aliphatic carbocycles. The number of hydrogen-bond acceptors (Lipinski definition) is 3. The Morgan fingerprint density at radius 1 is 1.14 bits per heavy atom. The molecule has 0 aliphatic heterocycles. The summed E-state index contributed by atoms with van der Waals surface area (Å²) in [5, 5.41) is 11.7. The minimum atomic E-state index is -0.0288. The first-order valence-corrected chi connectivity index (χ1v) is 10.2. The topological polar surface area (TPSA) is 65.5 Å². The lowest BCUT2D eigenvalue weighted by atomic mass is 9.91. The summed E-state index contributed by atoms with van der Waals surface area (Å²) < 4.78 is 0. The van der Waals surface area contributed by atoms with Crippen molar-refractivity contribution in [1.29, 1.82) is 0 Å². The van der Waals surface area contributed by atoms with Crippen LogP contribution in [-0.2, 0) is 12.0 Å². The molecule has 0 aliphatic rings. The first kappa shape index (κ1) is 24.4. The summed E-state index contributed by atoms with van der Waals surface area (Å²) in [6.45, 7) is 8.56. The third-order valence-corrected chi connectivity index (χ3v) is 5.53. The molecule has 1 heterocycles. The van der Waals surface area contributed by atoms with E-state index in [-0.39, 0.29) is 35.3 Å². The largest absolute Gasteiger partial charge is 0.356 e. The molecule has 0 bridgehead atoms. The number of carbonyl (C=O) groups is 1. The van der Waals surface area contributed by atoms with E-state index in [2.05, 4.69) is 52.3 Å². The Balaban J connectivity index is 0.00000392. The summed E-state index contributed by atoms with van der Waals surface area (Å²) >= 11 is 1.77. The van der Waals surface area contributed by atoms with Crippen LogP contribution in [0.25, 0.3) is 0 Å². The zero-order chi connectivity index (χ0) is 19.7. The third kappa shape index (κ3) is 7.43. The Labute approximate surface area is 189 Å². The van der Waals surface area contributed by atoms with Crippen LogP contribution in [0.5, 0.6) is 0 Å². The number of nitrogens with one attached hydrogen (secondary N) is 3. The molecule has 0 fully saturated rings. The molecular formula is C21H31IN4OS. The van der Waals surface area contributed by atoms with Crippen LogP contribution in [0, 0.1) is 0 Å². The molecule has 2 rings (SSSR count). The van der Waals surface area contributed by atoms with Gasteiger partial charge in [-0.3, -0.25) is 9.79 Å². The van der Waals surface area contributed by atoms with Gasteiger partial charge in [-0.05, 0) is 35.6 Å². The van der Waals surface area contributed by atoms with Gasteiger partial charge in [-0.1, -0.05) is 39.0 Å². The van der Waals surface area contributed by atoms with Crippen molar-refractivity contribution in [2.24, 2.45) is 4.99 Å². The molecule has 1 aromatic carbocycles. The summed E-state index contributed by atoms with van der Waals surface area (Å²) in [5.41, 5.74) is 1.76. The maximum Gasteiger partial charge on any atom is 0.251 e. The van der Waals surface area contributed by atoms with Crippen molar-refractivity contribution in [2.45, 2.75) is 39.2 Å². The zero-order valence-corrected chi connectivity index (χ0v) is 20.2. The summed E-state index contributed by atoms with van der Waals surface area (Å²) in [6.07, 6.45) is 0.927. The first-order chi connectivity index (χ1) is 13.0. The van der Waals surface area contributed by atoms with E-state index >= 15 is 0 Å². The SMILES string of the molecule is CCCNC(=O)c1cccc(CNC(=NC)NCC(C)(C)c2cccs2)c1.I. The molecule has 154 valence electrons. The molecule has 2 aromatic rings. The predicted molar refractivity (Wildman–Crippen MR) is 130 cm³/mol. The number of amides is 1. The van der Waals surface area contributed by atoms with Crippen molar-refractivity contribution < 1.29 is 4.79 Å². The molecule has 1 amide bonds. The second-order valence-corrected chi connectivity index (χ2v) is 8.04. The molecule has 0 spiro atoms. The number of aliphatic imine (C=N–C) groups is 1. The predicted octanol–water partition coefficient (Wildman–Crippen LogP) is 4.15. The molecule has 7 heteroatoms. The highest BCUT2D eigenvalue weighted by Gasteiger charge is 2.21. The van der Waals surface area contributed by atoms with Crippen molar-refractivity contribution in [2.75, 3.05) is 20.1 Å². The molecule has 0 unspecified atom stereocenters. The molecule has 28 heavy (non-hydrogen) atoms. The summed E-state index contributed by atoms with van der Waals surface area (Å²) in [4.78, 5) is 17.8. The van der Waals surface area contributed by atoms with E-state index in [1.54, 1.807) is 18.4 Å².